The molecule has 0 N–H and O–H groups in total. The smallest absolute Gasteiger partial charge is 0.152 e. The largest absolute Gasteiger partial charge is 0.491 e. The summed E-state index contributed by atoms with van der Waals surface area (Å²) < 4.78 is 10.3. The number of rotatable bonds is 4. The van der Waals surface area contributed by atoms with Gasteiger partial charge in [0.2, 0.25) is 0 Å². The molecule has 0 atom stereocenters. The van der Waals surface area contributed by atoms with Crippen LogP contribution in [0.2, 0.25) is 0 Å². The Morgan fingerprint density at radius 2 is 2.42 bits per heavy atom. The highest BCUT2D eigenvalue weighted by atomic mass is 16.5. The van der Waals surface area contributed by atoms with Crippen molar-refractivity contribution >= 4 is 0 Å². The third kappa shape index (κ3) is 2.20. The topological polar surface area (TPSA) is 31.4 Å². The second kappa shape index (κ2) is 4.72. The Bertz CT molecular complexity index is 213. The van der Waals surface area contributed by atoms with Crippen LogP contribution in [0.1, 0.15) is 12.5 Å². The van der Waals surface area contributed by atoms with Crippen LogP contribution in [-0.2, 0) is 11.3 Å². The van der Waals surface area contributed by atoms with E-state index in [9.17, 15) is 0 Å². The summed E-state index contributed by atoms with van der Waals surface area (Å²) in [6.45, 7) is 3.09. The fourth-order valence-electron chi connectivity index (χ4n) is 0.909. The Morgan fingerprint density at radius 1 is 1.58 bits per heavy atom. The Balaban J connectivity index is 2.77. The second-order valence-electron chi connectivity index (χ2n) is 2.28. The minimum absolute atomic E-state index is 0.536. The first kappa shape index (κ1) is 9.00. The third-order valence-electron chi connectivity index (χ3n) is 1.40. The summed E-state index contributed by atoms with van der Waals surface area (Å²) in [5.41, 5.74) is 0.981. The zero-order valence-corrected chi connectivity index (χ0v) is 7.33. The number of methoxy groups -OCH3 is 1. The minimum Gasteiger partial charge on any atom is -0.491 e. The van der Waals surface area contributed by atoms with Gasteiger partial charge in [-0.2, -0.15) is 0 Å². The van der Waals surface area contributed by atoms with Gasteiger partial charge in [-0.3, -0.25) is 4.98 Å². The first-order chi connectivity index (χ1) is 5.88. The van der Waals surface area contributed by atoms with Gasteiger partial charge < -0.3 is 9.47 Å². The Labute approximate surface area is 72.3 Å². The fraction of sp³-hybridized carbons (Fsp3) is 0.444. The zero-order valence-electron chi connectivity index (χ0n) is 7.33. The maximum atomic E-state index is 5.29. The van der Waals surface area contributed by atoms with Crippen LogP contribution in [0.4, 0.5) is 0 Å². The molecular weight excluding hydrogens is 154 g/mol. The van der Waals surface area contributed by atoms with Gasteiger partial charge in [-0.1, -0.05) is 0 Å². The summed E-state index contributed by atoms with van der Waals surface area (Å²) >= 11 is 0. The molecule has 1 rings (SSSR count). The molecular formula is C9H12NO2. The lowest BCUT2D eigenvalue weighted by Crippen LogP contribution is -1.98. The van der Waals surface area contributed by atoms with Crippen molar-refractivity contribution < 1.29 is 9.47 Å². The van der Waals surface area contributed by atoms with E-state index in [0.717, 1.165) is 5.56 Å². The van der Waals surface area contributed by atoms with E-state index in [-0.39, 0.29) is 0 Å². The second-order valence-corrected chi connectivity index (χ2v) is 2.28. The predicted molar refractivity (Wildman–Crippen MR) is 45.0 cm³/mol. The number of hydrogen-bond acceptors (Lipinski definition) is 3. The molecule has 3 heteroatoms. The van der Waals surface area contributed by atoms with E-state index in [1.807, 2.05) is 13.0 Å². The summed E-state index contributed by atoms with van der Waals surface area (Å²) in [5, 5.41) is 0. The molecule has 0 aliphatic heterocycles. The van der Waals surface area contributed by atoms with E-state index in [1.165, 1.54) is 0 Å². The van der Waals surface area contributed by atoms with E-state index >= 15 is 0 Å². The van der Waals surface area contributed by atoms with Crippen LogP contribution >= 0.6 is 0 Å². The molecule has 0 aromatic carbocycles. The highest BCUT2D eigenvalue weighted by Crippen LogP contribution is 2.15. The normalized spacial score (nSPS) is 9.83. The van der Waals surface area contributed by atoms with Crippen molar-refractivity contribution in [2.24, 2.45) is 0 Å². The standard InChI is InChI=1S/C9H12NO2/c1-3-12-9-6-10-5-4-8(9)7-11-2/h4-5H,3,7H2,1-2H3. The molecule has 0 bridgehead atoms. The van der Waals surface area contributed by atoms with Gasteiger partial charge in [0, 0.05) is 18.9 Å². The van der Waals surface area contributed by atoms with Gasteiger partial charge in [-0.15, -0.1) is 0 Å². The fourth-order valence-corrected chi connectivity index (χ4v) is 0.909. The van der Waals surface area contributed by atoms with Crippen molar-refractivity contribution in [2.45, 2.75) is 13.5 Å². The number of hydrogen-bond donors (Lipinski definition) is 0. The number of ether oxygens (including phenoxy) is 2. The van der Waals surface area contributed by atoms with Gasteiger partial charge in [0.1, 0.15) is 6.20 Å². The third-order valence-corrected chi connectivity index (χ3v) is 1.40. The lowest BCUT2D eigenvalue weighted by Gasteiger charge is -2.06. The molecule has 1 aromatic heterocycles. The maximum Gasteiger partial charge on any atom is 0.152 e. The quantitative estimate of drug-likeness (QED) is 0.678. The van der Waals surface area contributed by atoms with Gasteiger partial charge in [0.25, 0.3) is 0 Å². The van der Waals surface area contributed by atoms with Gasteiger partial charge in [0.15, 0.2) is 5.75 Å². The molecule has 0 fully saturated rings. The van der Waals surface area contributed by atoms with Crippen LogP contribution in [0.5, 0.6) is 5.75 Å². The molecule has 0 aliphatic rings. The molecule has 0 aliphatic carbocycles. The predicted octanol–water partition coefficient (Wildman–Crippen LogP) is 1.43. The molecule has 12 heavy (non-hydrogen) atoms. The average Bonchev–Trinajstić information content (AvgIpc) is 2.09. The Morgan fingerprint density at radius 3 is 3.08 bits per heavy atom. The van der Waals surface area contributed by atoms with Crippen LogP contribution in [-0.4, -0.2) is 18.7 Å². The first-order valence-electron chi connectivity index (χ1n) is 3.85. The molecule has 0 saturated carbocycles. The summed E-state index contributed by atoms with van der Waals surface area (Å²) in [4.78, 5) is 3.84. The van der Waals surface area contributed by atoms with E-state index in [2.05, 4.69) is 11.2 Å². The van der Waals surface area contributed by atoms with Crippen LogP contribution in [0.15, 0.2) is 12.3 Å². The highest BCUT2D eigenvalue weighted by Gasteiger charge is 2.01. The number of aromatic nitrogens is 1. The minimum atomic E-state index is 0.536. The van der Waals surface area contributed by atoms with Crippen LogP contribution < -0.4 is 4.74 Å². The monoisotopic (exact) mass is 166 g/mol. The van der Waals surface area contributed by atoms with Crippen LogP contribution in [0, 0.1) is 6.20 Å². The Kier molecular flexibility index (Phi) is 3.54. The van der Waals surface area contributed by atoms with Crippen LogP contribution in [0.3, 0.4) is 0 Å². The van der Waals surface area contributed by atoms with Gasteiger partial charge in [-0.05, 0) is 13.0 Å². The van der Waals surface area contributed by atoms with Gasteiger partial charge >= 0.3 is 0 Å². The van der Waals surface area contributed by atoms with E-state index < -0.39 is 0 Å². The van der Waals surface area contributed by atoms with Crippen molar-refractivity contribution in [1.82, 2.24) is 4.98 Å². The summed E-state index contributed by atoms with van der Waals surface area (Å²) in [6.07, 6.45) is 4.45. The van der Waals surface area contributed by atoms with Gasteiger partial charge in [0.05, 0.1) is 13.2 Å². The van der Waals surface area contributed by atoms with E-state index in [0.29, 0.717) is 19.0 Å². The average molecular weight is 166 g/mol. The summed E-state index contributed by atoms with van der Waals surface area (Å²) in [5.74, 6) is 0.682. The van der Waals surface area contributed by atoms with Crippen molar-refractivity contribution in [3.63, 3.8) is 0 Å². The molecule has 0 amide bonds. The maximum absolute atomic E-state index is 5.29. The molecule has 1 heterocycles. The molecule has 1 aromatic rings. The SMILES string of the molecule is CCOc1[c]nccc1COC. The van der Waals surface area contributed by atoms with Crippen LogP contribution in [0.25, 0.3) is 0 Å². The van der Waals surface area contributed by atoms with Gasteiger partial charge in [-0.25, -0.2) is 0 Å². The zero-order chi connectivity index (χ0) is 8.81. The molecule has 0 saturated heterocycles. The van der Waals surface area contributed by atoms with Crippen molar-refractivity contribution in [2.75, 3.05) is 13.7 Å². The highest BCUT2D eigenvalue weighted by molar-refractivity contribution is 5.27. The molecule has 1 radical (unpaired) electrons. The lowest BCUT2D eigenvalue weighted by atomic mass is 10.2. The first-order valence-corrected chi connectivity index (χ1v) is 3.85. The number of pyridine rings is 1. The molecule has 0 spiro atoms. The summed E-state index contributed by atoms with van der Waals surface area (Å²) in [7, 11) is 1.65. The van der Waals surface area contributed by atoms with Crippen molar-refractivity contribution in [1.29, 1.82) is 0 Å². The molecule has 65 valence electrons. The lowest BCUT2D eigenvalue weighted by molar-refractivity contribution is 0.180. The Hall–Kier alpha value is -1.09. The van der Waals surface area contributed by atoms with E-state index in [4.69, 9.17) is 9.47 Å². The number of nitrogens with zero attached hydrogens (tertiary/aromatic N) is 1. The molecule has 0 unspecified atom stereocenters. The van der Waals surface area contributed by atoms with Crippen molar-refractivity contribution in [3.05, 3.63) is 24.0 Å². The van der Waals surface area contributed by atoms with E-state index in [1.54, 1.807) is 13.3 Å². The van der Waals surface area contributed by atoms with Crippen molar-refractivity contribution in [3.8, 4) is 5.75 Å². The summed E-state index contributed by atoms with van der Waals surface area (Å²) in [6, 6.07) is 1.87. The molecule has 3 nitrogen and oxygen atoms in total.